The van der Waals surface area contributed by atoms with Crippen LogP contribution in [0.25, 0.3) is 16.9 Å². The van der Waals surface area contributed by atoms with Crippen molar-refractivity contribution >= 4 is 23.3 Å². The predicted octanol–water partition coefficient (Wildman–Crippen LogP) is 0.906. The number of hydrogen-bond donors (Lipinski definition) is 1. The molecule has 0 unspecified atom stereocenters. The Hall–Kier alpha value is -2.93. The molecule has 24 heavy (non-hydrogen) atoms. The fourth-order valence-electron chi connectivity index (χ4n) is 2.66. The fourth-order valence-corrected chi connectivity index (χ4v) is 2.66. The Balaban J connectivity index is 2.12. The van der Waals surface area contributed by atoms with Gasteiger partial charge in [0.05, 0.1) is 11.0 Å². The van der Waals surface area contributed by atoms with Gasteiger partial charge in [-0.1, -0.05) is 18.2 Å². The Labute approximate surface area is 139 Å². The molecule has 0 atom stereocenters. The number of imidazole rings is 1. The van der Waals surface area contributed by atoms with Gasteiger partial charge in [0.2, 0.25) is 6.41 Å². The van der Waals surface area contributed by atoms with Gasteiger partial charge in [0, 0.05) is 20.1 Å². The van der Waals surface area contributed by atoms with Gasteiger partial charge < -0.3 is 5.32 Å². The van der Waals surface area contributed by atoms with Gasteiger partial charge in [0.25, 0.3) is 0 Å². The van der Waals surface area contributed by atoms with Crippen molar-refractivity contribution in [1.82, 2.24) is 19.4 Å². The molecular weight excluding hydrogens is 306 g/mol. The molecule has 124 valence electrons. The van der Waals surface area contributed by atoms with Crippen LogP contribution in [-0.4, -0.2) is 40.7 Å². The lowest BCUT2D eigenvalue weighted by Crippen LogP contribution is -2.30. The highest BCUT2D eigenvalue weighted by molar-refractivity contribution is 5.78. The minimum Gasteiger partial charge on any atom is -0.318 e. The van der Waals surface area contributed by atoms with Gasteiger partial charge in [-0.3, -0.25) is 14.3 Å². The van der Waals surface area contributed by atoms with Crippen molar-refractivity contribution in [3.63, 3.8) is 0 Å². The standard InChI is InChI=1S/C17H19N5O2/c1-18-10-11-21(12-23)15-8-5-9-16(19-15)22-14-7-4-3-6-13(14)20(2)17(22)24/h3-9,12,18H,10-11H2,1-2H3. The van der Waals surface area contributed by atoms with Gasteiger partial charge >= 0.3 is 5.69 Å². The Morgan fingerprint density at radius 1 is 1.17 bits per heavy atom. The first-order valence-electron chi connectivity index (χ1n) is 7.68. The molecular formula is C17H19N5O2. The molecule has 7 heteroatoms. The van der Waals surface area contributed by atoms with E-state index in [1.807, 2.05) is 31.3 Å². The van der Waals surface area contributed by atoms with Crippen LogP contribution in [0.15, 0.2) is 47.3 Å². The minimum absolute atomic E-state index is 0.172. The summed E-state index contributed by atoms with van der Waals surface area (Å²) in [5.74, 6) is 1.00. The number of aromatic nitrogens is 3. The van der Waals surface area contributed by atoms with Crippen LogP contribution in [0.1, 0.15) is 0 Å². The summed E-state index contributed by atoms with van der Waals surface area (Å²) >= 11 is 0. The molecule has 3 rings (SSSR count). The average molecular weight is 325 g/mol. The molecule has 0 bridgehead atoms. The van der Waals surface area contributed by atoms with Crippen LogP contribution in [0.5, 0.6) is 0 Å². The number of pyridine rings is 1. The number of likely N-dealkylation sites (N-methyl/N-ethyl adjacent to an activating group) is 1. The van der Waals surface area contributed by atoms with Crippen molar-refractivity contribution in [1.29, 1.82) is 0 Å². The first-order chi connectivity index (χ1) is 11.7. The van der Waals surface area contributed by atoms with E-state index in [1.54, 1.807) is 34.4 Å². The number of nitrogens with one attached hydrogen (secondary N) is 1. The highest BCUT2D eigenvalue weighted by Crippen LogP contribution is 2.17. The molecule has 0 saturated carbocycles. The second-order valence-electron chi connectivity index (χ2n) is 5.42. The topological polar surface area (TPSA) is 72.2 Å². The van der Waals surface area contributed by atoms with E-state index in [4.69, 9.17) is 0 Å². The maximum Gasteiger partial charge on any atom is 0.334 e. The van der Waals surface area contributed by atoms with Gasteiger partial charge in [-0.25, -0.2) is 14.3 Å². The van der Waals surface area contributed by atoms with Crippen molar-refractivity contribution in [2.75, 3.05) is 25.0 Å². The molecule has 1 N–H and O–H groups in total. The largest absolute Gasteiger partial charge is 0.334 e. The van der Waals surface area contributed by atoms with Gasteiger partial charge in [-0.15, -0.1) is 0 Å². The molecule has 0 aliphatic rings. The summed E-state index contributed by atoms with van der Waals surface area (Å²) in [6, 6.07) is 12.9. The third-order valence-electron chi connectivity index (χ3n) is 3.94. The number of hydrogen-bond acceptors (Lipinski definition) is 4. The first-order valence-corrected chi connectivity index (χ1v) is 7.68. The zero-order valence-corrected chi connectivity index (χ0v) is 13.6. The predicted molar refractivity (Wildman–Crippen MR) is 93.6 cm³/mol. The maximum atomic E-state index is 12.6. The Morgan fingerprint density at radius 2 is 1.92 bits per heavy atom. The normalized spacial score (nSPS) is 10.9. The van der Waals surface area contributed by atoms with Crippen LogP contribution in [0.4, 0.5) is 5.82 Å². The maximum absolute atomic E-state index is 12.6. The molecule has 1 aromatic carbocycles. The zero-order valence-electron chi connectivity index (χ0n) is 13.6. The van der Waals surface area contributed by atoms with E-state index in [-0.39, 0.29) is 5.69 Å². The van der Waals surface area contributed by atoms with Gasteiger partial charge in [-0.2, -0.15) is 0 Å². The van der Waals surface area contributed by atoms with Crippen molar-refractivity contribution in [2.45, 2.75) is 0 Å². The van der Waals surface area contributed by atoms with Crippen LogP contribution in [-0.2, 0) is 11.8 Å². The van der Waals surface area contributed by atoms with Crippen LogP contribution in [0, 0.1) is 0 Å². The number of fused-ring (bicyclic) bond motifs is 1. The summed E-state index contributed by atoms with van der Waals surface area (Å²) in [6.45, 7) is 1.15. The van der Waals surface area contributed by atoms with Crippen LogP contribution >= 0.6 is 0 Å². The number of amides is 1. The quantitative estimate of drug-likeness (QED) is 0.684. The molecule has 7 nitrogen and oxygen atoms in total. The Morgan fingerprint density at radius 3 is 2.62 bits per heavy atom. The minimum atomic E-state index is -0.172. The summed E-state index contributed by atoms with van der Waals surface area (Å²) < 4.78 is 3.14. The second-order valence-corrected chi connectivity index (χ2v) is 5.42. The van der Waals surface area contributed by atoms with Gasteiger partial charge in [-0.05, 0) is 31.3 Å². The number of carbonyl (C=O) groups excluding carboxylic acids is 1. The average Bonchev–Trinajstić information content (AvgIpc) is 2.87. The zero-order chi connectivity index (χ0) is 17.1. The summed E-state index contributed by atoms with van der Waals surface area (Å²) in [5.41, 5.74) is 1.44. The van der Waals surface area contributed by atoms with E-state index >= 15 is 0 Å². The smallest absolute Gasteiger partial charge is 0.318 e. The van der Waals surface area contributed by atoms with Gasteiger partial charge in [0.15, 0.2) is 0 Å². The Bertz CT molecular complexity index is 928. The van der Waals surface area contributed by atoms with E-state index in [9.17, 15) is 9.59 Å². The van der Waals surface area contributed by atoms with E-state index < -0.39 is 0 Å². The number of benzene rings is 1. The van der Waals surface area contributed by atoms with Crippen LogP contribution in [0.3, 0.4) is 0 Å². The summed E-state index contributed by atoms with van der Waals surface area (Å²) in [7, 11) is 3.55. The summed E-state index contributed by atoms with van der Waals surface area (Å²) in [6.07, 6.45) is 0.745. The molecule has 0 saturated heterocycles. The molecule has 0 aliphatic carbocycles. The summed E-state index contributed by atoms with van der Waals surface area (Å²) in [5, 5.41) is 3.00. The van der Waals surface area contributed by atoms with E-state index in [2.05, 4.69) is 10.3 Å². The highest BCUT2D eigenvalue weighted by Gasteiger charge is 2.14. The van der Waals surface area contributed by atoms with Crippen LogP contribution in [0.2, 0.25) is 0 Å². The molecule has 1 amide bonds. The van der Waals surface area contributed by atoms with E-state index in [0.717, 1.165) is 17.4 Å². The fraction of sp³-hybridized carbons (Fsp3) is 0.235. The second kappa shape index (κ2) is 6.67. The molecule has 0 radical (unpaired) electrons. The SMILES string of the molecule is CNCCN(C=O)c1cccc(-n2c(=O)n(C)c3ccccc32)n1. The highest BCUT2D eigenvalue weighted by atomic mass is 16.2. The van der Waals surface area contributed by atoms with Crippen molar-refractivity contribution in [3.05, 3.63) is 52.9 Å². The van der Waals surface area contributed by atoms with E-state index in [0.29, 0.717) is 24.7 Å². The Kier molecular flexibility index (Phi) is 4.43. The number of nitrogens with zero attached hydrogens (tertiary/aromatic N) is 4. The summed E-state index contributed by atoms with van der Waals surface area (Å²) in [4.78, 5) is 30.0. The lowest BCUT2D eigenvalue weighted by molar-refractivity contribution is -0.107. The van der Waals surface area contributed by atoms with Crippen LogP contribution < -0.4 is 15.9 Å². The number of rotatable bonds is 6. The molecule has 3 aromatic rings. The number of para-hydroxylation sites is 2. The molecule has 0 fully saturated rings. The third kappa shape index (κ3) is 2.69. The van der Waals surface area contributed by atoms with Crippen molar-refractivity contribution in [3.8, 4) is 5.82 Å². The monoisotopic (exact) mass is 325 g/mol. The lowest BCUT2D eigenvalue weighted by Gasteiger charge is -2.16. The molecule has 2 heterocycles. The number of carbonyl (C=O) groups is 1. The van der Waals surface area contributed by atoms with Crippen molar-refractivity contribution < 1.29 is 4.79 Å². The van der Waals surface area contributed by atoms with E-state index in [1.165, 1.54) is 4.90 Å². The van der Waals surface area contributed by atoms with Gasteiger partial charge in [0.1, 0.15) is 11.6 Å². The molecule has 2 aromatic heterocycles. The lowest BCUT2D eigenvalue weighted by atomic mass is 10.3. The first kappa shape index (κ1) is 15.9. The molecule has 0 spiro atoms. The third-order valence-corrected chi connectivity index (χ3v) is 3.94. The number of aryl methyl sites for hydroxylation is 1. The number of anilines is 1. The molecule has 0 aliphatic heterocycles. The van der Waals surface area contributed by atoms with Crippen molar-refractivity contribution in [2.24, 2.45) is 7.05 Å².